The molecule has 0 aliphatic rings. The van der Waals surface area contributed by atoms with Crippen molar-refractivity contribution in [1.29, 1.82) is 0 Å². The van der Waals surface area contributed by atoms with Crippen LogP contribution in [0.5, 0.6) is 0 Å². The van der Waals surface area contributed by atoms with Crippen molar-refractivity contribution in [2.75, 3.05) is 7.05 Å². The van der Waals surface area contributed by atoms with E-state index < -0.39 is 0 Å². The number of ketones is 1. The highest BCUT2D eigenvalue weighted by Crippen LogP contribution is 2.02. The Morgan fingerprint density at radius 1 is 1.36 bits per heavy atom. The summed E-state index contributed by atoms with van der Waals surface area (Å²) < 4.78 is 0. The molecule has 0 amide bonds. The highest BCUT2D eigenvalue weighted by molar-refractivity contribution is 5.93. The zero-order chi connectivity index (χ0) is 8.85. The minimum absolute atomic E-state index is 0.0723. The van der Waals surface area contributed by atoms with Crippen molar-refractivity contribution in [3.63, 3.8) is 0 Å². The number of Topliss-reactive ketones (excluding diaryl/α,β-unsaturated/α-hetero) is 1. The molecule has 2 nitrogen and oxygen atoms in total. The summed E-state index contributed by atoms with van der Waals surface area (Å²) in [4.78, 5) is 10.9. The van der Waals surface area contributed by atoms with Gasteiger partial charge in [-0.3, -0.25) is 4.79 Å². The Labute approximate surface area is 68.0 Å². The van der Waals surface area contributed by atoms with Crippen LogP contribution in [0.15, 0.2) is 23.4 Å². The van der Waals surface area contributed by atoms with E-state index in [-0.39, 0.29) is 5.78 Å². The summed E-state index contributed by atoms with van der Waals surface area (Å²) in [6.45, 7) is 5.39. The van der Waals surface area contributed by atoms with E-state index in [1.165, 1.54) is 0 Å². The summed E-state index contributed by atoms with van der Waals surface area (Å²) in [7, 11) is 1.75. The number of likely N-dealkylation sites (N-methyl/N-ethyl adjacent to an activating group) is 1. The summed E-state index contributed by atoms with van der Waals surface area (Å²) >= 11 is 0. The zero-order valence-corrected chi connectivity index (χ0v) is 7.56. The topological polar surface area (TPSA) is 29.1 Å². The predicted molar refractivity (Wildman–Crippen MR) is 47.3 cm³/mol. The number of nitrogens with one attached hydrogen (secondary N) is 1. The minimum atomic E-state index is 0.0723. The Kier molecular flexibility index (Phi) is 4.27. The second-order valence-electron chi connectivity index (χ2n) is 2.36. The molecule has 0 bridgehead atoms. The predicted octanol–water partition coefficient (Wildman–Crippen LogP) is 1.64. The fraction of sp³-hybridized carbons (Fsp3) is 0.444. The van der Waals surface area contributed by atoms with E-state index in [4.69, 9.17) is 0 Å². The van der Waals surface area contributed by atoms with Gasteiger partial charge in [-0.25, -0.2) is 0 Å². The molecule has 0 radical (unpaired) electrons. The molecule has 0 spiro atoms. The first-order valence-electron chi connectivity index (χ1n) is 3.65. The third-order valence-corrected chi connectivity index (χ3v) is 1.41. The normalized spacial score (nSPS) is 13.1. The van der Waals surface area contributed by atoms with Gasteiger partial charge in [-0.05, 0) is 19.4 Å². The number of rotatable bonds is 3. The second kappa shape index (κ2) is 4.72. The zero-order valence-electron chi connectivity index (χ0n) is 7.56. The first-order valence-corrected chi connectivity index (χ1v) is 3.65. The molecule has 0 aromatic rings. The number of hydrogen-bond acceptors (Lipinski definition) is 2. The van der Waals surface area contributed by atoms with Crippen LogP contribution in [0.25, 0.3) is 0 Å². The van der Waals surface area contributed by atoms with Gasteiger partial charge in [0.15, 0.2) is 5.78 Å². The van der Waals surface area contributed by atoms with E-state index in [9.17, 15) is 4.79 Å². The summed E-state index contributed by atoms with van der Waals surface area (Å²) in [6, 6.07) is 0. The quantitative estimate of drug-likeness (QED) is 0.493. The third kappa shape index (κ3) is 3.03. The van der Waals surface area contributed by atoms with Crippen LogP contribution in [0.1, 0.15) is 20.8 Å². The molecular formula is C9H15NO. The summed E-state index contributed by atoms with van der Waals surface area (Å²) in [5, 5.41) is 2.86. The third-order valence-electron chi connectivity index (χ3n) is 1.41. The molecule has 0 heterocycles. The standard InChI is InChI=1S/C9H15NO/c1-5-6-7(2)9(10-4)8(3)11/h5-6,10H,1-4H3/b6-5-,9-7-. The average Bonchev–Trinajstić information content (AvgIpc) is 1.88. The molecule has 0 aromatic carbocycles. The van der Waals surface area contributed by atoms with Crippen LogP contribution in [0, 0.1) is 0 Å². The molecule has 0 unspecified atom stereocenters. The molecule has 0 saturated heterocycles. The lowest BCUT2D eigenvalue weighted by molar-refractivity contribution is -0.113. The summed E-state index contributed by atoms with van der Waals surface area (Å²) in [5.74, 6) is 0.0723. The largest absolute Gasteiger partial charge is 0.385 e. The fourth-order valence-corrected chi connectivity index (χ4v) is 0.984. The molecule has 0 aromatic heterocycles. The van der Waals surface area contributed by atoms with Gasteiger partial charge >= 0.3 is 0 Å². The SMILES string of the molecule is C/C=C\C(C)=C(/NC)C(C)=O. The lowest BCUT2D eigenvalue weighted by Gasteiger charge is -2.03. The molecule has 1 N–H and O–H groups in total. The van der Waals surface area contributed by atoms with Crippen molar-refractivity contribution in [1.82, 2.24) is 5.32 Å². The molecule has 0 rings (SSSR count). The Bertz CT molecular complexity index is 202. The Morgan fingerprint density at radius 3 is 2.18 bits per heavy atom. The maximum Gasteiger partial charge on any atom is 0.175 e. The molecule has 62 valence electrons. The molecule has 0 fully saturated rings. The molecule has 0 aliphatic carbocycles. The van der Waals surface area contributed by atoms with Crippen LogP contribution < -0.4 is 5.32 Å². The molecular weight excluding hydrogens is 138 g/mol. The maximum absolute atomic E-state index is 10.9. The minimum Gasteiger partial charge on any atom is -0.385 e. The highest BCUT2D eigenvalue weighted by Gasteiger charge is 2.02. The van der Waals surface area contributed by atoms with Gasteiger partial charge in [0.05, 0.1) is 5.70 Å². The number of allylic oxidation sites excluding steroid dienone is 4. The van der Waals surface area contributed by atoms with Crippen LogP contribution >= 0.6 is 0 Å². The van der Waals surface area contributed by atoms with Crippen molar-refractivity contribution >= 4 is 5.78 Å². The average molecular weight is 153 g/mol. The van der Waals surface area contributed by atoms with Crippen LogP contribution in [-0.4, -0.2) is 12.8 Å². The maximum atomic E-state index is 10.9. The Morgan fingerprint density at radius 2 is 1.91 bits per heavy atom. The van der Waals surface area contributed by atoms with Crippen molar-refractivity contribution in [2.45, 2.75) is 20.8 Å². The summed E-state index contributed by atoms with van der Waals surface area (Å²) in [5.41, 5.74) is 1.66. The van der Waals surface area contributed by atoms with Gasteiger partial charge in [0.2, 0.25) is 0 Å². The van der Waals surface area contributed by atoms with Gasteiger partial charge in [-0.15, -0.1) is 0 Å². The molecule has 0 atom stereocenters. The van der Waals surface area contributed by atoms with Gasteiger partial charge in [0, 0.05) is 14.0 Å². The summed E-state index contributed by atoms with van der Waals surface area (Å²) in [6.07, 6.45) is 3.82. The van der Waals surface area contributed by atoms with Crippen LogP contribution in [0.4, 0.5) is 0 Å². The monoisotopic (exact) mass is 153 g/mol. The van der Waals surface area contributed by atoms with Crippen LogP contribution in [-0.2, 0) is 4.79 Å². The molecule has 11 heavy (non-hydrogen) atoms. The highest BCUT2D eigenvalue weighted by atomic mass is 16.1. The smallest absolute Gasteiger partial charge is 0.175 e. The van der Waals surface area contributed by atoms with Crippen molar-refractivity contribution in [3.8, 4) is 0 Å². The van der Waals surface area contributed by atoms with E-state index in [1.807, 2.05) is 26.0 Å². The number of carbonyl (C=O) groups is 1. The van der Waals surface area contributed by atoms with Crippen molar-refractivity contribution < 1.29 is 4.79 Å². The fourth-order valence-electron chi connectivity index (χ4n) is 0.984. The van der Waals surface area contributed by atoms with E-state index >= 15 is 0 Å². The number of hydrogen-bond donors (Lipinski definition) is 1. The van der Waals surface area contributed by atoms with Gasteiger partial charge < -0.3 is 5.32 Å². The molecule has 2 heteroatoms. The van der Waals surface area contributed by atoms with Crippen molar-refractivity contribution in [3.05, 3.63) is 23.4 Å². The van der Waals surface area contributed by atoms with Gasteiger partial charge in [-0.1, -0.05) is 12.2 Å². The van der Waals surface area contributed by atoms with Gasteiger partial charge in [0.25, 0.3) is 0 Å². The molecule has 0 saturated carbocycles. The molecule has 0 aliphatic heterocycles. The van der Waals surface area contributed by atoms with E-state index in [2.05, 4.69) is 5.32 Å². The van der Waals surface area contributed by atoms with E-state index in [0.29, 0.717) is 5.70 Å². The van der Waals surface area contributed by atoms with Crippen molar-refractivity contribution in [2.24, 2.45) is 0 Å². The first kappa shape index (κ1) is 9.95. The lowest BCUT2D eigenvalue weighted by atomic mass is 10.1. The van der Waals surface area contributed by atoms with E-state index in [1.54, 1.807) is 14.0 Å². The Hall–Kier alpha value is -1.05. The van der Waals surface area contributed by atoms with Gasteiger partial charge in [0.1, 0.15) is 0 Å². The second-order valence-corrected chi connectivity index (χ2v) is 2.36. The first-order chi connectivity index (χ1) is 5.13. The Balaban J connectivity index is 4.67. The van der Waals surface area contributed by atoms with Crippen LogP contribution in [0.3, 0.4) is 0 Å². The van der Waals surface area contributed by atoms with E-state index in [0.717, 1.165) is 5.57 Å². The van der Waals surface area contributed by atoms with Gasteiger partial charge in [-0.2, -0.15) is 0 Å². The lowest BCUT2D eigenvalue weighted by Crippen LogP contribution is -2.14. The number of carbonyl (C=O) groups excluding carboxylic acids is 1. The van der Waals surface area contributed by atoms with Crippen LogP contribution in [0.2, 0.25) is 0 Å².